The standard InChI is InChI=1S/C27H45N7O5/c1-5-17(4)22(34-23(35)19(28)12-9-13-31-27(29)30)25(37)32-20(14-16(2)3)24(36)33-21(26(38)39)15-18-10-7-6-8-11-18/h6-8,10-11,16-17,19-22H,5,9,12-15,28H2,1-4H3,(H,32,37)(H,33,36)(H,34,35)(H,38,39)(H4,29,30,31). The average molecular weight is 548 g/mol. The summed E-state index contributed by atoms with van der Waals surface area (Å²) in [5.41, 5.74) is 17.4. The van der Waals surface area contributed by atoms with Gasteiger partial charge in [0.15, 0.2) is 5.96 Å². The Bertz CT molecular complexity index is 967. The molecular formula is C27H45N7O5. The summed E-state index contributed by atoms with van der Waals surface area (Å²) >= 11 is 0. The molecule has 1 rings (SSSR count). The molecule has 12 heteroatoms. The number of rotatable bonds is 17. The number of nitrogens with zero attached hydrogens (tertiary/aromatic N) is 1. The van der Waals surface area contributed by atoms with Gasteiger partial charge in [0, 0.05) is 13.0 Å². The minimum atomic E-state index is -1.18. The van der Waals surface area contributed by atoms with Gasteiger partial charge in [0.2, 0.25) is 17.7 Å². The van der Waals surface area contributed by atoms with Crippen LogP contribution in [-0.2, 0) is 25.6 Å². The van der Waals surface area contributed by atoms with Crippen LogP contribution in [0, 0.1) is 11.8 Å². The summed E-state index contributed by atoms with van der Waals surface area (Å²) in [6, 6.07) is 4.98. The Hall–Kier alpha value is -3.67. The Labute approximate surface area is 230 Å². The normalized spacial score (nSPS) is 14.8. The molecular weight excluding hydrogens is 502 g/mol. The van der Waals surface area contributed by atoms with Crippen LogP contribution in [-0.4, -0.2) is 65.5 Å². The van der Waals surface area contributed by atoms with Crippen molar-refractivity contribution in [3.63, 3.8) is 0 Å². The number of guanidine groups is 1. The molecule has 1 aromatic rings. The fraction of sp³-hybridized carbons (Fsp3) is 0.593. The van der Waals surface area contributed by atoms with Crippen LogP contribution in [0.3, 0.4) is 0 Å². The van der Waals surface area contributed by atoms with Crippen molar-refractivity contribution < 1.29 is 24.3 Å². The molecule has 10 N–H and O–H groups in total. The number of hydrogen-bond donors (Lipinski definition) is 7. The molecule has 0 aliphatic heterocycles. The van der Waals surface area contributed by atoms with Crippen molar-refractivity contribution in [2.45, 2.75) is 84.0 Å². The lowest BCUT2D eigenvalue weighted by atomic mass is 9.96. The molecule has 0 aromatic heterocycles. The van der Waals surface area contributed by atoms with Crippen molar-refractivity contribution in [1.82, 2.24) is 16.0 Å². The lowest BCUT2D eigenvalue weighted by Crippen LogP contribution is -2.59. The largest absolute Gasteiger partial charge is 0.480 e. The number of benzene rings is 1. The number of aliphatic imine (C=N–C) groups is 1. The van der Waals surface area contributed by atoms with Crippen molar-refractivity contribution in [2.24, 2.45) is 34.0 Å². The first-order chi connectivity index (χ1) is 18.3. The maximum atomic E-state index is 13.3. The molecule has 0 saturated heterocycles. The first-order valence-corrected chi connectivity index (χ1v) is 13.3. The zero-order chi connectivity index (χ0) is 29.5. The van der Waals surface area contributed by atoms with E-state index >= 15 is 0 Å². The van der Waals surface area contributed by atoms with Gasteiger partial charge in [0.05, 0.1) is 6.04 Å². The van der Waals surface area contributed by atoms with Crippen molar-refractivity contribution in [1.29, 1.82) is 0 Å². The van der Waals surface area contributed by atoms with Crippen LogP contribution in [0.5, 0.6) is 0 Å². The predicted molar refractivity (Wildman–Crippen MR) is 150 cm³/mol. The van der Waals surface area contributed by atoms with E-state index in [2.05, 4.69) is 20.9 Å². The number of carboxylic acids is 1. The molecule has 0 bridgehead atoms. The Morgan fingerprint density at radius 3 is 2.08 bits per heavy atom. The van der Waals surface area contributed by atoms with E-state index in [-0.39, 0.29) is 30.6 Å². The molecule has 3 amide bonds. The highest BCUT2D eigenvalue weighted by molar-refractivity contribution is 5.94. The Morgan fingerprint density at radius 2 is 1.54 bits per heavy atom. The van der Waals surface area contributed by atoms with Crippen LogP contribution in [0.4, 0.5) is 0 Å². The molecule has 0 spiro atoms. The number of aliphatic carboxylic acids is 1. The molecule has 5 atom stereocenters. The summed E-state index contributed by atoms with van der Waals surface area (Å²) in [5, 5.41) is 17.7. The van der Waals surface area contributed by atoms with Gasteiger partial charge in [-0.2, -0.15) is 0 Å². The number of nitrogens with one attached hydrogen (secondary N) is 3. The van der Waals surface area contributed by atoms with E-state index in [0.29, 0.717) is 25.8 Å². The third-order valence-corrected chi connectivity index (χ3v) is 6.33. The quantitative estimate of drug-likeness (QED) is 0.0812. The van der Waals surface area contributed by atoms with Gasteiger partial charge < -0.3 is 38.3 Å². The highest BCUT2D eigenvalue weighted by Crippen LogP contribution is 2.12. The second-order valence-electron chi connectivity index (χ2n) is 10.2. The second-order valence-corrected chi connectivity index (χ2v) is 10.2. The van der Waals surface area contributed by atoms with Gasteiger partial charge in [-0.1, -0.05) is 64.4 Å². The van der Waals surface area contributed by atoms with Gasteiger partial charge in [-0.25, -0.2) is 4.79 Å². The minimum Gasteiger partial charge on any atom is -0.480 e. The van der Waals surface area contributed by atoms with Crippen molar-refractivity contribution >= 4 is 29.7 Å². The lowest BCUT2D eigenvalue weighted by molar-refractivity contribution is -0.142. The van der Waals surface area contributed by atoms with E-state index in [4.69, 9.17) is 17.2 Å². The summed E-state index contributed by atoms with van der Waals surface area (Å²) in [7, 11) is 0. The maximum Gasteiger partial charge on any atom is 0.326 e. The molecule has 0 fully saturated rings. The summed E-state index contributed by atoms with van der Waals surface area (Å²) < 4.78 is 0. The van der Waals surface area contributed by atoms with Gasteiger partial charge in [0.1, 0.15) is 18.1 Å². The van der Waals surface area contributed by atoms with E-state index in [1.807, 2.05) is 33.8 Å². The minimum absolute atomic E-state index is 0.0220. The van der Waals surface area contributed by atoms with E-state index in [0.717, 1.165) is 5.56 Å². The van der Waals surface area contributed by atoms with Gasteiger partial charge in [-0.3, -0.25) is 19.4 Å². The highest BCUT2D eigenvalue weighted by atomic mass is 16.4. The number of hydrogen-bond acceptors (Lipinski definition) is 6. The van der Waals surface area contributed by atoms with E-state index in [1.54, 1.807) is 24.3 Å². The van der Waals surface area contributed by atoms with Crippen molar-refractivity contribution in [3.8, 4) is 0 Å². The zero-order valence-electron chi connectivity index (χ0n) is 23.4. The van der Waals surface area contributed by atoms with Gasteiger partial charge >= 0.3 is 5.97 Å². The maximum absolute atomic E-state index is 13.3. The van der Waals surface area contributed by atoms with Crippen LogP contribution in [0.2, 0.25) is 0 Å². The molecule has 12 nitrogen and oxygen atoms in total. The monoisotopic (exact) mass is 547 g/mol. The van der Waals surface area contributed by atoms with Gasteiger partial charge in [-0.15, -0.1) is 0 Å². The number of nitrogens with two attached hydrogens (primary N) is 3. The third-order valence-electron chi connectivity index (χ3n) is 6.33. The van der Waals surface area contributed by atoms with Crippen LogP contribution < -0.4 is 33.2 Å². The molecule has 39 heavy (non-hydrogen) atoms. The smallest absolute Gasteiger partial charge is 0.326 e. The zero-order valence-corrected chi connectivity index (χ0v) is 23.4. The van der Waals surface area contributed by atoms with Crippen LogP contribution in [0.25, 0.3) is 0 Å². The first-order valence-electron chi connectivity index (χ1n) is 13.3. The summed E-state index contributed by atoms with van der Waals surface area (Å²) in [5.74, 6) is -3.10. The molecule has 0 heterocycles. The number of carbonyl (C=O) groups is 4. The summed E-state index contributed by atoms with van der Waals surface area (Å²) in [6.07, 6.45) is 1.75. The first kappa shape index (κ1) is 33.4. The SMILES string of the molecule is CCC(C)C(NC(=O)C(N)CCCN=C(N)N)C(=O)NC(CC(C)C)C(=O)NC(Cc1ccccc1)C(=O)O. The van der Waals surface area contributed by atoms with Crippen molar-refractivity contribution in [3.05, 3.63) is 35.9 Å². The second kappa shape index (κ2) is 17.0. The highest BCUT2D eigenvalue weighted by Gasteiger charge is 2.32. The van der Waals surface area contributed by atoms with Gasteiger partial charge in [-0.05, 0) is 36.7 Å². The number of carboxylic acid groups (broad SMARTS) is 1. The van der Waals surface area contributed by atoms with Gasteiger partial charge in [0.25, 0.3) is 0 Å². The topological polar surface area (TPSA) is 215 Å². The molecule has 1 aromatic carbocycles. The summed E-state index contributed by atoms with van der Waals surface area (Å²) in [4.78, 5) is 55.0. The average Bonchev–Trinajstić information content (AvgIpc) is 2.88. The fourth-order valence-electron chi connectivity index (χ4n) is 3.90. The molecule has 0 saturated carbocycles. The Kier molecular flexibility index (Phi) is 14.6. The predicted octanol–water partition coefficient (Wildman–Crippen LogP) is 0.241. The molecule has 218 valence electrons. The van der Waals surface area contributed by atoms with E-state index in [1.165, 1.54) is 0 Å². The molecule has 0 aliphatic rings. The Morgan fingerprint density at radius 1 is 0.923 bits per heavy atom. The van der Waals surface area contributed by atoms with Crippen LogP contribution >= 0.6 is 0 Å². The van der Waals surface area contributed by atoms with Crippen LogP contribution in [0.15, 0.2) is 35.3 Å². The fourth-order valence-corrected chi connectivity index (χ4v) is 3.90. The van der Waals surface area contributed by atoms with Crippen molar-refractivity contribution in [2.75, 3.05) is 6.54 Å². The van der Waals surface area contributed by atoms with E-state index < -0.39 is 47.9 Å². The van der Waals surface area contributed by atoms with E-state index in [9.17, 15) is 24.3 Å². The molecule has 5 unspecified atom stereocenters. The number of carbonyl (C=O) groups excluding carboxylic acids is 3. The molecule has 0 radical (unpaired) electrons. The molecule has 0 aliphatic carbocycles. The van der Waals surface area contributed by atoms with Crippen LogP contribution in [0.1, 0.15) is 58.9 Å². The summed E-state index contributed by atoms with van der Waals surface area (Å²) in [6.45, 7) is 7.80. The third kappa shape index (κ3) is 12.6. The Balaban J connectivity index is 2.96. The number of amides is 3. The lowest BCUT2D eigenvalue weighted by Gasteiger charge is -2.28.